The Labute approximate surface area is 881 Å². The zero-order valence-corrected chi connectivity index (χ0v) is 76.2. The van der Waals surface area contributed by atoms with Crippen molar-refractivity contribution in [2.45, 2.75) is 41.5 Å². The van der Waals surface area contributed by atoms with Crippen LogP contribution in [0, 0.1) is 64.8 Å². The molecule has 24 aromatic carbocycles. The number of anilines is 12. The largest absolute Gasteiger partial charge is 0.307 e. The Hall–Kier alpha value is -17.7. The lowest BCUT2D eigenvalue weighted by Crippen LogP contribution is -2.17. The Balaban J connectivity index is 0.000000191. The average Bonchev–Trinajstić information content (AvgIpc) is 0.707. The minimum atomic E-state index is -1.09. The van der Waals surface area contributed by atoms with Gasteiger partial charge in [-0.15, -0.1) is 0 Å². The molecule has 24 rings (SSSR count). The lowest BCUT2D eigenvalue weighted by molar-refractivity contribution is 0.629. The van der Waals surface area contributed by atoms with Crippen LogP contribution < -0.4 is 19.6 Å². The van der Waals surface area contributed by atoms with Crippen molar-refractivity contribution in [3.8, 4) is 89.0 Å². The maximum Gasteiger partial charge on any atom is 0.148 e. The minimum absolute atomic E-state index is 0.251. The lowest BCUT2D eigenvalue weighted by atomic mass is 9.90. The molecule has 142 heavy (non-hydrogen) atoms. The van der Waals surface area contributed by atoms with Crippen LogP contribution in [0.3, 0.4) is 0 Å². The number of rotatable bonds is 20. The molecule has 0 fully saturated rings. The molecule has 0 bridgehead atoms. The van der Waals surface area contributed by atoms with Gasteiger partial charge in [0.1, 0.15) is 23.3 Å². The fourth-order valence-electron chi connectivity index (χ4n) is 19.8. The highest BCUT2D eigenvalue weighted by molar-refractivity contribution is 6.30. The van der Waals surface area contributed by atoms with Gasteiger partial charge in [-0.05, 0) is 271 Å². The third-order valence-corrected chi connectivity index (χ3v) is 25.3. The van der Waals surface area contributed by atoms with Gasteiger partial charge in [-0.1, -0.05) is 386 Å². The van der Waals surface area contributed by atoms with Crippen molar-refractivity contribution >= 4 is 133 Å². The van der Waals surface area contributed by atoms with E-state index < -0.39 is 309 Å². The van der Waals surface area contributed by atoms with Gasteiger partial charge in [0, 0.05) is 55.2 Å². The van der Waals surface area contributed by atoms with E-state index in [1.807, 2.05) is 90.1 Å². The first-order chi connectivity index (χ1) is 86.2. The van der Waals surface area contributed by atoms with Crippen LogP contribution in [-0.2, 0) is 0 Å². The van der Waals surface area contributed by atoms with E-state index in [4.69, 9.17) is 43.9 Å². The Morgan fingerprint density at radius 1 is 0.183 bits per heavy atom. The molecule has 0 heterocycles. The predicted molar refractivity (Wildman–Crippen MR) is 591 cm³/mol. The standard InChI is InChI=1S/C70H54F2N2.C64H42F2N2/c1-43-35-45(3)67(46(4)36-43)73(69-59(51-23-15-9-16-24-51)39-55(41-61(69)71)49-19-11-7-12-20-49)63-33-29-53-28-32-58-64(34-30-54-27-31-57(63)65(53)66(54)58)74(68-47(5)37-44(2)38-48(68)6)70-60(52-25-17-10-18-26-52)40-56(42-62(70)72)50-21-13-8-14-22-50;65-57-41-49(43-19-7-1-8-20-43)39-55(45-23-11-3-12-24-45)63(57)67(51-27-15-5-16-28-51)59-37-33-47-32-36-54-60(38-34-48-31-35-53(59)61(47)62(48)54)68(52-29-17-6-18-30-52)64-56(46-25-13-4-14-26-46)40-50(42-58(64)66)44-21-9-2-10-22-44/h7-42H,1-6H3;1-42H/i7D,8D,9D,10D,11D,12D,13D,14D,15D,16D,17D,18D,19D,20D,21D,22D,23D,24D,25D,26D;1D,2D,3D,4D,7D,8D,9D,10D,11D,12D,13D,14D,19D,20D,21D,22D,23D,24D,25D,26D. The van der Waals surface area contributed by atoms with Gasteiger partial charge in [-0.25, -0.2) is 17.6 Å². The molecule has 0 spiro atoms. The molecule has 0 saturated carbocycles. The second kappa shape index (κ2) is 37.3. The molecular weight excluding hydrogens is 1740 g/mol. The van der Waals surface area contributed by atoms with E-state index in [0.717, 1.165) is 35.4 Å². The molecule has 4 nitrogen and oxygen atoms in total. The summed E-state index contributed by atoms with van der Waals surface area (Å²) < 4.78 is 426. The minimum Gasteiger partial charge on any atom is -0.307 e. The predicted octanol–water partition coefficient (Wildman–Crippen LogP) is 38.8. The summed E-state index contributed by atoms with van der Waals surface area (Å²) in [7, 11) is 0. The maximum absolute atomic E-state index is 18.7. The molecule has 24 aromatic rings. The van der Waals surface area contributed by atoms with Gasteiger partial charge in [-0.3, -0.25) is 0 Å². The molecule has 0 aliphatic rings. The van der Waals surface area contributed by atoms with Crippen molar-refractivity contribution in [2.75, 3.05) is 19.6 Å². The van der Waals surface area contributed by atoms with Crippen LogP contribution in [0.15, 0.2) is 472 Å². The summed E-state index contributed by atoms with van der Waals surface area (Å²) >= 11 is 0. The number of benzene rings is 24. The van der Waals surface area contributed by atoms with Crippen molar-refractivity contribution in [2.24, 2.45) is 0 Å². The molecule has 8 heteroatoms. The summed E-state index contributed by atoms with van der Waals surface area (Å²) in [6.07, 6.45) is 0. The topological polar surface area (TPSA) is 13.0 Å². The smallest absolute Gasteiger partial charge is 0.148 e. The summed E-state index contributed by atoms with van der Waals surface area (Å²) in [5.74, 6) is -4.33. The van der Waals surface area contributed by atoms with E-state index in [9.17, 15) is 11.0 Å². The fourth-order valence-corrected chi connectivity index (χ4v) is 19.8. The van der Waals surface area contributed by atoms with Crippen molar-refractivity contribution in [1.82, 2.24) is 0 Å². The van der Waals surface area contributed by atoms with Crippen LogP contribution in [0.4, 0.5) is 85.8 Å². The van der Waals surface area contributed by atoms with Crippen LogP contribution in [0.5, 0.6) is 0 Å². The molecule has 0 aliphatic heterocycles. The van der Waals surface area contributed by atoms with E-state index in [2.05, 4.69) is 0 Å². The number of halogens is 4. The van der Waals surface area contributed by atoms with Crippen molar-refractivity contribution in [3.63, 3.8) is 0 Å². The maximum atomic E-state index is 18.7. The first kappa shape index (κ1) is 54.4. The van der Waals surface area contributed by atoms with Crippen molar-refractivity contribution < 1.29 is 72.4 Å². The van der Waals surface area contributed by atoms with Gasteiger partial charge >= 0.3 is 0 Å². The first-order valence-corrected chi connectivity index (χ1v) is 45.0. The normalized spacial score (nSPS) is 15.4. The zero-order chi connectivity index (χ0) is 131. The average molecular weight is 1880 g/mol. The third-order valence-electron chi connectivity index (χ3n) is 25.3. The Morgan fingerprint density at radius 2 is 0.380 bits per heavy atom. The van der Waals surface area contributed by atoms with Gasteiger partial charge in [-0.2, -0.15) is 0 Å². The van der Waals surface area contributed by atoms with Gasteiger partial charge in [0.25, 0.3) is 0 Å². The molecule has 680 valence electrons. The quantitative estimate of drug-likeness (QED) is 0.0557. The third kappa shape index (κ3) is 16.1. The first-order valence-electron chi connectivity index (χ1n) is 65.0. The van der Waals surface area contributed by atoms with Crippen LogP contribution in [0.2, 0.25) is 0 Å². The molecule has 0 radical (unpaired) electrons. The van der Waals surface area contributed by atoms with Crippen molar-refractivity contribution in [3.05, 3.63) is 529 Å². The van der Waals surface area contributed by atoms with Crippen LogP contribution in [0.25, 0.3) is 154 Å². The van der Waals surface area contributed by atoms with E-state index in [0.29, 0.717) is 121 Å². The summed E-state index contributed by atoms with van der Waals surface area (Å²) in [6.45, 7) is 11.0. The van der Waals surface area contributed by atoms with Gasteiger partial charge in [0.05, 0.1) is 112 Å². The van der Waals surface area contributed by atoms with Crippen LogP contribution in [-0.4, -0.2) is 0 Å². The number of hydrogen-bond donors (Lipinski definition) is 0. The molecule has 0 atom stereocenters. The van der Waals surface area contributed by atoms with Crippen LogP contribution >= 0.6 is 0 Å². The van der Waals surface area contributed by atoms with Gasteiger partial charge < -0.3 is 19.6 Å². The van der Waals surface area contributed by atoms with E-state index in [-0.39, 0.29) is 78.6 Å². The monoisotopic (exact) mass is 1880 g/mol. The van der Waals surface area contributed by atoms with E-state index >= 15 is 17.6 Å². The van der Waals surface area contributed by atoms with Crippen LogP contribution in [0.1, 0.15) is 88.2 Å². The summed E-state index contributed by atoms with van der Waals surface area (Å²) in [5.41, 5.74) is -0.366. The highest BCUT2D eigenvalue weighted by Crippen LogP contribution is 2.57. The molecule has 0 amide bonds. The number of para-hydroxylation sites is 2. The van der Waals surface area contributed by atoms with Crippen molar-refractivity contribution in [1.29, 1.82) is 0 Å². The number of aryl methyl sites for hydroxylation is 6. The molecule has 0 aromatic heterocycles. The highest BCUT2D eigenvalue weighted by Gasteiger charge is 2.34. The molecule has 0 aliphatic carbocycles. The number of nitrogens with zero attached hydrogens (tertiary/aromatic N) is 4. The molecule has 0 unspecified atom stereocenters. The Bertz CT molecular complexity index is 10700. The Morgan fingerprint density at radius 3 is 0.606 bits per heavy atom. The van der Waals surface area contributed by atoms with E-state index in [1.165, 1.54) is 34.1 Å². The zero-order valence-electron chi connectivity index (χ0n) is 116. The Kier molecular flexibility index (Phi) is 14.3. The lowest BCUT2D eigenvalue weighted by Gasteiger charge is -2.34. The molecule has 0 saturated heterocycles. The summed E-state index contributed by atoms with van der Waals surface area (Å²) in [4.78, 5) is 6.19. The summed E-state index contributed by atoms with van der Waals surface area (Å²) in [5, 5.41) is 6.71. The summed E-state index contributed by atoms with van der Waals surface area (Å²) in [6, 6.07) is 33.1. The highest BCUT2D eigenvalue weighted by atomic mass is 19.1. The second-order valence-electron chi connectivity index (χ2n) is 34.1. The molecular formula is C134H96F4N4. The van der Waals surface area contributed by atoms with E-state index in [1.54, 1.807) is 143 Å². The second-order valence-corrected chi connectivity index (χ2v) is 34.1. The number of hydrogen-bond acceptors (Lipinski definition) is 4. The van der Waals surface area contributed by atoms with Gasteiger partial charge in [0.2, 0.25) is 0 Å². The van der Waals surface area contributed by atoms with Gasteiger partial charge in [0.15, 0.2) is 0 Å². The molecule has 0 N–H and O–H groups in total. The fraction of sp³-hybridized carbons (Fsp3) is 0.0448. The SMILES string of the molecule is [2H]c1c([2H])c([2H])c(-c2cc(F)c(N(c3c(C)cc(C)cc3C)c3ccc4ccc5c(N(c6c(C)cc(C)cc6C)c6c(F)cc(-c7c([2H])c([2H])c([2H])c([2H])c7[2H])cc6-c6c([2H])c([2H])c([2H])c([2H])c6[2H])ccc6ccc3c4c65)c(-c3c([2H])c([2H])c([2H])c([2H])c3[2H])c2)c([2H])c1[2H].[2H]c1c([2H])c([2H])c(-c2cc(F)c(N(c3ccccc3)c3ccc4ccc5c(N(c6ccccc6)c6c(F)cc(-c7c([2H])c([2H])c([2H])c([2H])c7[2H])cc6-c6c([2H])c([2H])c([2H])c([2H])c6[2H])ccc6ccc3c4c65)c(-c3c([2H])c([2H])c([2H])c([2H])c3[2H])c2)c([2H])c1[2H].